The van der Waals surface area contributed by atoms with Gasteiger partial charge in [-0.1, -0.05) is 134 Å². The maximum Gasteiger partial charge on any atom is 0.0788 e. The second kappa shape index (κ2) is 10.8. The lowest BCUT2D eigenvalue weighted by Gasteiger charge is -2.17. The van der Waals surface area contributed by atoms with E-state index in [1.807, 2.05) is 0 Å². The topological polar surface area (TPSA) is 9.86 Å². The Morgan fingerprint density at radius 3 is 1.92 bits per heavy atom. The summed E-state index contributed by atoms with van der Waals surface area (Å²) in [6.07, 6.45) is 10.1. The molecule has 2 nitrogen and oxygen atoms in total. The number of aromatic nitrogens is 2. The predicted octanol–water partition coefficient (Wildman–Crippen LogP) is 13.1. The maximum atomic E-state index is 2.54. The highest BCUT2D eigenvalue weighted by atomic mass is 15.0. The molecule has 0 amide bonds. The fourth-order valence-corrected chi connectivity index (χ4v) is 9.85. The first-order valence-electron chi connectivity index (χ1n) is 19.0. The van der Waals surface area contributed by atoms with Crippen LogP contribution < -0.4 is 0 Å². The summed E-state index contributed by atoms with van der Waals surface area (Å²) in [7, 11) is 0. The third kappa shape index (κ3) is 4.09. The number of allylic oxidation sites excluding steroid dienone is 4. The largest absolute Gasteiger partial charge is 0.308 e. The average molecular weight is 677 g/mol. The second-order valence-electron chi connectivity index (χ2n) is 15.3. The van der Waals surface area contributed by atoms with Crippen molar-refractivity contribution >= 4 is 49.3 Å². The molecule has 0 spiro atoms. The quantitative estimate of drug-likeness (QED) is 0.176. The van der Waals surface area contributed by atoms with Crippen LogP contribution in [0.25, 0.3) is 88.4 Å². The molecule has 7 aromatic carbocycles. The molecule has 1 atom stereocenters. The Morgan fingerprint density at radius 2 is 1.13 bits per heavy atom. The lowest BCUT2D eigenvalue weighted by Crippen LogP contribution is -2.02. The van der Waals surface area contributed by atoms with Gasteiger partial charge in [0, 0.05) is 32.9 Å². The smallest absolute Gasteiger partial charge is 0.0788 e. The lowest BCUT2D eigenvalue weighted by molar-refractivity contribution is 0.735. The third-order valence-corrected chi connectivity index (χ3v) is 12.3. The van der Waals surface area contributed by atoms with E-state index >= 15 is 0 Å². The van der Waals surface area contributed by atoms with Crippen molar-refractivity contribution in [1.29, 1.82) is 0 Å². The van der Waals surface area contributed by atoms with Crippen molar-refractivity contribution < 1.29 is 0 Å². The molecule has 0 aliphatic heterocycles. The van der Waals surface area contributed by atoms with Gasteiger partial charge in [-0.2, -0.15) is 0 Å². The Balaban J connectivity index is 1.03. The van der Waals surface area contributed by atoms with Gasteiger partial charge in [0.2, 0.25) is 0 Å². The first-order valence-corrected chi connectivity index (χ1v) is 19.0. The van der Waals surface area contributed by atoms with Crippen molar-refractivity contribution in [3.63, 3.8) is 0 Å². The van der Waals surface area contributed by atoms with Gasteiger partial charge in [0.1, 0.15) is 0 Å². The molecule has 53 heavy (non-hydrogen) atoms. The van der Waals surface area contributed by atoms with Crippen molar-refractivity contribution in [1.82, 2.24) is 9.13 Å². The SMILES string of the molecule is CC1C=CC(n2c3ccccc3c3ccc4c5ccccc5n(-c5ccc6c(c5)Cc5cc(-c7cccc8c7Cc7ccccc7-8)ccc5-6)c4c32)=CC1. The molecule has 2 heteroatoms. The Morgan fingerprint density at radius 1 is 0.491 bits per heavy atom. The molecule has 3 aliphatic carbocycles. The number of fused-ring (bicyclic) bond motifs is 13. The maximum absolute atomic E-state index is 2.54. The molecule has 0 saturated carbocycles. The van der Waals surface area contributed by atoms with E-state index in [1.54, 1.807) is 0 Å². The predicted molar refractivity (Wildman–Crippen MR) is 223 cm³/mol. The summed E-state index contributed by atoms with van der Waals surface area (Å²) >= 11 is 0. The van der Waals surface area contributed by atoms with Crippen LogP contribution in [-0.2, 0) is 12.8 Å². The third-order valence-electron chi connectivity index (χ3n) is 12.3. The molecule has 0 bridgehead atoms. The number of hydrogen-bond donors (Lipinski definition) is 0. The number of para-hydroxylation sites is 2. The van der Waals surface area contributed by atoms with Gasteiger partial charge in [-0.3, -0.25) is 0 Å². The van der Waals surface area contributed by atoms with E-state index in [0.717, 1.165) is 19.3 Å². The summed E-state index contributed by atoms with van der Waals surface area (Å²) < 4.78 is 5.06. The molecule has 0 fully saturated rings. The molecule has 12 rings (SSSR count). The normalized spacial score (nSPS) is 15.6. The zero-order valence-electron chi connectivity index (χ0n) is 29.6. The van der Waals surface area contributed by atoms with E-state index < -0.39 is 0 Å². The minimum Gasteiger partial charge on any atom is -0.308 e. The standard InChI is InChI=1S/C51H36N2/c1-31-17-20-36(21-18-31)52-48-15-6-4-11-43(48)45-25-26-46-44-12-5-7-16-49(44)53(51(46)50(45)52)37-22-24-41-35(29-37)28-34-27-33(19-23-40(34)41)39-13-8-14-42-38-10-3-2-9-32(38)30-47(39)42/h2-17,19-27,29,31H,18,28,30H2,1H3. The van der Waals surface area contributed by atoms with Crippen LogP contribution in [-0.4, -0.2) is 9.13 Å². The number of nitrogens with zero attached hydrogens (tertiary/aromatic N) is 2. The highest BCUT2D eigenvalue weighted by molar-refractivity contribution is 6.24. The monoisotopic (exact) mass is 676 g/mol. The van der Waals surface area contributed by atoms with Gasteiger partial charge in [-0.15, -0.1) is 0 Å². The van der Waals surface area contributed by atoms with Crippen molar-refractivity contribution in [3.8, 4) is 39.1 Å². The van der Waals surface area contributed by atoms with Crippen molar-refractivity contribution in [2.75, 3.05) is 0 Å². The van der Waals surface area contributed by atoms with Crippen molar-refractivity contribution in [3.05, 3.63) is 180 Å². The number of benzene rings is 7. The average Bonchev–Trinajstić information content (AvgIpc) is 3.95. The summed E-state index contributed by atoms with van der Waals surface area (Å²) in [5, 5.41) is 5.16. The van der Waals surface area contributed by atoms with E-state index in [-0.39, 0.29) is 0 Å². The van der Waals surface area contributed by atoms with Crippen molar-refractivity contribution in [2.24, 2.45) is 5.92 Å². The molecule has 0 radical (unpaired) electrons. The Bertz CT molecular complexity index is 3110. The van der Waals surface area contributed by atoms with Gasteiger partial charge in [0.25, 0.3) is 0 Å². The molecule has 0 N–H and O–H groups in total. The highest BCUT2D eigenvalue weighted by Gasteiger charge is 2.26. The molecular weight excluding hydrogens is 641 g/mol. The lowest BCUT2D eigenvalue weighted by atomic mass is 9.93. The fourth-order valence-electron chi connectivity index (χ4n) is 9.85. The van der Waals surface area contributed by atoms with Gasteiger partial charge >= 0.3 is 0 Å². The second-order valence-corrected chi connectivity index (χ2v) is 15.3. The zero-order chi connectivity index (χ0) is 34.8. The molecule has 2 aromatic heterocycles. The van der Waals surface area contributed by atoms with Crippen LogP contribution >= 0.6 is 0 Å². The summed E-state index contributed by atoms with van der Waals surface area (Å²) in [6, 6.07) is 52.6. The van der Waals surface area contributed by atoms with E-state index in [1.165, 1.54) is 111 Å². The molecular formula is C51H36N2. The van der Waals surface area contributed by atoms with E-state index in [4.69, 9.17) is 0 Å². The van der Waals surface area contributed by atoms with Crippen LogP contribution in [0.5, 0.6) is 0 Å². The van der Waals surface area contributed by atoms with Gasteiger partial charge in [0.15, 0.2) is 0 Å². The van der Waals surface area contributed by atoms with Crippen LogP contribution in [0, 0.1) is 5.92 Å². The molecule has 3 aliphatic rings. The molecule has 9 aromatic rings. The number of hydrogen-bond acceptors (Lipinski definition) is 0. The van der Waals surface area contributed by atoms with Gasteiger partial charge in [0.05, 0.1) is 22.1 Å². The first-order chi connectivity index (χ1) is 26.2. The van der Waals surface area contributed by atoms with E-state index in [0.29, 0.717) is 5.92 Å². The first kappa shape index (κ1) is 29.2. The van der Waals surface area contributed by atoms with Crippen LogP contribution in [0.2, 0.25) is 0 Å². The summed E-state index contributed by atoms with van der Waals surface area (Å²) in [5.41, 5.74) is 21.4. The molecule has 250 valence electrons. The van der Waals surface area contributed by atoms with Gasteiger partial charge in [-0.25, -0.2) is 0 Å². The van der Waals surface area contributed by atoms with Gasteiger partial charge in [-0.05, 0) is 111 Å². The fraction of sp³-hybridized carbons (Fsp3) is 0.0980. The van der Waals surface area contributed by atoms with Crippen molar-refractivity contribution in [2.45, 2.75) is 26.2 Å². The highest BCUT2D eigenvalue weighted by Crippen LogP contribution is 2.46. The molecule has 1 unspecified atom stereocenters. The zero-order valence-corrected chi connectivity index (χ0v) is 29.6. The minimum absolute atomic E-state index is 0.551. The van der Waals surface area contributed by atoms with Crippen LogP contribution in [0.15, 0.2) is 158 Å². The Labute approximate surface area is 308 Å². The van der Waals surface area contributed by atoms with Crippen LogP contribution in [0.4, 0.5) is 0 Å². The minimum atomic E-state index is 0.551. The van der Waals surface area contributed by atoms with E-state index in [2.05, 4.69) is 174 Å². The summed E-state index contributed by atoms with van der Waals surface area (Å²) in [4.78, 5) is 0. The summed E-state index contributed by atoms with van der Waals surface area (Å²) in [5.74, 6) is 0.551. The molecule has 0 saturated heterocycles. The Kier molecular flexibility index (Phi) is 5.97. The van der Waals surface area contributed by atoms with E-state index in [9.17, 15) is 0 Å². The molecule has 2 heterocycles. The van der Waals surface area contributed by atoms with Crippen LogP contribution in [0.1, 0.15) is 35.6 Å². The summed E-state index contributed by atoms with van der Waals surface area (Å²) in [6.45, 7) is 2.30. The number of rotatable bonds is 3. The Hall–Kier alpha value is -6.38. The van der Waals surface area contributed by atoms with Gasteiger partial charge < -0.3 is 9.13 Å². The van der Waals surface area contributed by atoms with Crippen LogP contribution in [0.3, 0.4) is 0 Å².